The number of aromatic nitrogens is 2. The minimum Gasteiger partial charge on any atom is -0.480 e. The molecule has 2 aromatic rings. The second kappa shape index (κ2) is 26.7. The first kappa shape index (κ1) is 53.2. The molecule has 1 aliphatic carbocycles. The molecule has 0 radical (unpaired) electrons. The van der Waals surface area contributed by atoms with Crippen LogP contribution in [-0.2, 0) is 46.4 Å². The zero-order valence-corrected chi connectivity index (χ0v) is 38.7. The monoisotopic (exact) mass is 924 g/mol. The van der Waals surface area contributed by atoms with E-state index in [0.29, 0.717) is 44.3 Å². The maximum atomic E-state index is 14.8. The number of H-pyrrole nitrogens is 1. The number of amides is 5. The van der Waals surface area contributed by atoms with Crippen LogP contribution in [0.1, 0.15) is 115 Å². The number of imidazole rings is 1. The number of nitrogens with one attached hydrogen (secondary N) is 4. The number of nitrogens with zero attached hydrogens (tertiary/aromatic N) is 3. The molecule has 2 heterocycles. The lowest BCUT2D eigenvalue weighted by Gasteiger charge is -2.35. The molecule has 4 rings (SSSR count). The van der Waals surface area contributed by atoms with Crippen molar-refractivity contribution in [2.24, 2.45) is 29.2 Å². The summed E-state index contributed by atoms with van der Waals surface area (Å²) in [7, 11) is 1.49. The number of carboxylic acids is 2. The zero-order chi connectivity index (χ0) is 48.3. The van der Waals surface area contributed by atoms with E-state index < -0.39 is 83.8 Å². The molecule has 1 aliphatic heterocycles. The number of carbonyl (C=O) groups is 7. The minimum absolute atomic E-state index is 0.0180. The molecule has 2 fully saturated rings. The molecule has 1 saturated carbocycles. The number of benzene rings is 1. The number of carboxylic acid groups (broad SMARTS) is 2. The summed E-state index contributed by atoms with van der Waals surface area (Å²) in [5, 5.41) is 39.2. The highest BCUT2D eigenvalue weighted by atomic mass is 16.4. The van der Waals surface area contributed by atoms with Gasteiger partial charge in [-0.1, -0.05) is 76.3 Å². The van der Waals surface area contributed by atoms with E-state index in [-0.39, 0.29) is 62.8 Å². The van der Waals surface area contributed by atoms with Crippen LogP contribution in [0.5, 0.6) is 0 Å². The Bertz CT molecular complexity index is 1880. The van der Waals surface area contributed by atoms with Crippen LogP contribution >= 0.6 is 0 Å². The standard InChI is InChI=1S/C47H73N9O10/c1-29(2)33(42(59)51-21-11-10-17-34(48)46(63)64)26-40(57)36(23-30-13-6-4-7-14-30)53-44(61)39(25-32-27-50-28-52-32)55(3)45(62)37(24-31-15-8-5-9-16-31)54-43(60)38-18-12-22-56(38)41(58)20-19-35(49)47(65)66/h5,8-9,15-16,27-30,33-40,57H,4,6-7,10-14,17-26,48-49H2,1-3H3,(H,50,52)(H,51,59)(H,53,61)(H,54,60)(H,63,64)(H,65,66)/t33-,34-,35-,36-,37-,38-,39-,40-/m0/s1. The van der Waals surface area contributed by atoms with Crippen LogP contribution in [0.4, 0.5) is 0 Å². The van der Waals surface area contributed by atoms with Crippen molar-refractivity contribution in [2.75, 3.05) is 20.1 Å². The van der Waals surface area contributed by atoms with Gasteiger partial charge in [-0.15, -0.1) is 0 Å². The Labute approximate surface area is 387 Å². The van der Waals surface area contributed by atoms with Crippen LogP contribution in [0, 0.1) is 17.8 Å². The molecule has 2 aliphatic rings. The predicted octanol–water partition coefficient (Wildman–Crippen LogP) is 1.87. The maximum absolute atomic E-state index is 14.8. The number of aliphatic hydroxyl groups excluding tert-OH is 1. The van der Waals surface area contributed by atoms with E-state index in [1.54, 1.807) is 6.20 Å². The lowest BCUT2D eigenvalue weighted by atomic mass is 9.81. The Kier molecular flexibility index (Phi) is 21.5. The molecule has 0 bridgehead atoms. The lowest BCUT2D eigenvalue weighted by Crippen LogP contribution is -2.59. The summed E-state index contributed by atoms with van der Waals surface area (Å²) in [5.41, 5.74) is 12.6. The van der Waals surface area contributed by atoms with Gasteiger partial charge in [0, 0.05) is 57.2 Å². The molecule has 19 nitrogen and oxygen atoms in total. The van der Waals surface area contributed by atoms with E-state index in [1.807, 2.05) is 44.2 Å². The second-order valence-corrected chi connectivity index (χ2v) is 18.5. The third kappa shape index (κ3) is 16.5. The van der Waals surface area contributed by atoms with Crippen molar-refractivity contribution in [1.29, 1.82) is 0 Å². The first-order chi connectivity index (χ1) is 31.5. The molecule has 1 aromatic carbocycles. The molecule has 5 amide bonds. The van der Waals surface area contributed by atoms with Crippen molar-refractivity contribution in [3.63, 3.8) is 0 Å². The summed E-state index contributed by atoms with van der Waals surface area (Å²) >= 11 is 0. The molecule has 66 heavy (non-hydrogen) atoms. The van der Waals surface area contributed by atoms with Crippen LogP contribution < -0.4 is 27.4 Å². The molecule has 19 heteroatoms. The van der Waals surface area contributed by atoms with E-state index in [4.69, 9.17) is 16.6 Å². The number of aliphatic hydroxyl groups is 1. The third-order valence-electron chi connectivity index (χ3n) is 13.1. The summed E-state index contributed by atoms with van der Waals surface area (Å²) in [6, 6.07) is 2.90. The number of rotatable bonds is 27. The zero-order valence-electron chi connectivity index (χ0n) is 38.7. The molecule has 11 N–H and O–H groups in total. The van der Waals surface area contributed by atoms with Gasteiger partial charge in [0.2, 0.25) is 29.5 Å². The van der Waals surface area contributed by atoms with Gasteiger partial charge in [0.15, 0.2) is 0 Å². The number of unbranched alkanes of at least 4 members (excludes halogenated alkanes) is 1. The summed E-state index contributed by atoms with van der Waals surface area (Å²) in [6.07, 6.45) is 9.43. The first-order valence-corrected chi connectivity index (χ1v) is 23.6. The van der Waals surface area contributed by atoms with E-state index >= 15 is 0 Å². The maximum Gasteiger partial charge on any atom is 0.320 e. The van der Waals surface area contributed by atoms with Gasteiger partial charge in [-0.2, -0.15) is 0 Å². The number of carbonyl (C=O) groups excluding carboxylic acids is 5. The fourth-order valence-electron chi connectivity index (χ4n) is 9.05. The van der Waals surface area contributed by atoms with Crippen LogP contribution in [0.3, 0.4) is 0 Å². The molecule has 0 unspecified atom stereocenters. The molecule has 8 atom stereocenters. The Morgan fingerprint density at radius 1 is 0.879 bits per heavy atom. The average molecular weight is 924 g/mol. The van der Waals surface area contributed by atoms with Crippen LogP contribution in [0.2, 0.25) is 0 Å². The van der Waals surface area contributed by atoms with Crippen molar-refractivity contribution in [3.8, 4) is 0 Å². The number of likely N-dealkylation sites (tertiary alicyclic amines) is 1. The number of aliphatic carboxylic acids is 2. The van der Waals surface area contributed by atoms with Gasteiger partial charge in [0.25, 0.3) is 0 Å². The SMILES string of the molecule is CC(C)[C@H](C[C@H](O)[C@H](CC1CCCCC1)NC(=O)[C@H](Cc1cnc[nH]1)N(C)C(=O)[C@H](Cc1ccccc1)NC(=O)[C@@H]1CCCN1C(=O)CC[C@H](N)C(=O)O)C(=O)NCCCC[C@H](N)C(=O)O. The number of likely N-dealkylation sites (N-methyl/N-ethyl adjacent to an activating group) is 1. The second-order valence-electron chi connectivity index (χ2n) is 18.5. The summed E-state index contributed by atoms with van der Waals surface area (Å²) in [4.78, 5) is 103. The van der Waals surface area contributed by atoms with Gasteiger partial charge < -0.3 is 57.5 Å². The van der Waals surface area contributed by atoms with Crippen molar-refractivity contribution in [1.82, 2.24) is 35.7 Å². The van der Waals surface area contributed by atoms with Gasteiger partial charge >= 0.3 is 11.9 Å². The van der Waals surface area contributed by atoms with E-state index in [1.165, 1.54) is 23.2 Å². The van der Waals surface area contributed by atoms with Crippen LogP contribution in [0.15, 0.2) is 42.9 Å². The van der Waals surface area contributed by atoms with Crippen molar-refractivity contribution < 1.29 is 48.9 Å². The predicted molar refractivity (Wildman–Crippen MR) is 245 cm³/mol. The van der Waals surface area contributed by atoms with Gasteiger partial charge in [0.1, 0.15) is 30.2 Å². The lowest BCUT2D eigenvalue weighted by molar-refractivity contribution is -0.144. The number of nitrogens with two attached hydrogens (primary N) is 2. The Morgan fingerprint density at radius 2 is 1.56 bits per heavy atom. The van der Waals surface area contributed by atoms with E-state index in [2.05, 4.69) is 25.9 Å². The highest BCUT2D eigenvalue weighted by molar-refractivity contribution is 5.95. The Morgan fingerprint density at radius 3 is 2.20 bits per heavy atom. The van der Waals surface area contributed by atoms with Gasteiger partial charge in [-0.05, 0) is 68.8 Å². The molecular formula is C47H73N9O10. The fourth-order valence-corrected chi connectivity index (χ4v) is 9.05. The third-order valence-corrected chi connectivity index (χ3v) is 13.1. The summed E-state index contributed by atoms with van der Waals surface area (Å²) in [5.74, 6) is -5.18. The minimum atomic E-state index is -1.23. The van der Waals surface area contributed by atoms with Gasteiger partial charge in [0.05, 0.1) is 18.5 Å². The summed E-state index contributed by atoms with van der Waals surface area (Å²) < 4.78 is 0. The van der Waals surface area contributed by atoms with Crippen LogP contribution in [0.25, 0.3) is 0 Å². The number of aromatic amines is 1. The average Bonchev–Trinajstić information content (AvgIpc) is 4.02. The molecule has 1 saturated heterocycles. The molecule has 1 aromatic heterocycles. The Hall–Kier alpha value is -5.40. The smallest absolute Gasteiger partial charge is 0.320 e. The quantitative estimate of drug-likeness (QED) is 0.0579. The van der Waals surface area contributed by atoms with E-state index in [9.17, 15) is 43.8 Å². The normalized spacial score (nSPS) is 18.6. The molecular weight excluding hydrogens is 851 g/mol. The van der Waals surface area contributed by atoms with Crippen molar-refractivity contribution in [2.45, 2.75) is 159 Å². The highest BCUT2D eigenvalue weighted by Gasteiger charge is 2.40. The van der Waals surface area contributed by atoms with Gasteiger partial charge in [-0.25, -0.2) is 4.98 Å². The molecule has 0 spiro atoms. The van der Waals surface area contributed by atoms with Gasteiger partial charge in [-0.3, -0.25) is 33.6 Å². The van der Waals surface area contributed by atoms with Crippen molar-refractivity contribution in [3.05, 3.63) is 54.1 Å². The number of hydrogen-bond donors (Lipinski definition) is 9. The highest BCUT2D eigenvalue weighted by Crippen LogP contribution is 2.30. The Balaban J connectivity index is 1.56. The van der Waals surface area contributed by atoms with E-state index in [0.717, 1.165) is 37.7 Å². The first-order valence-electron chi connectivity index (χ1n) is 23.6. The topological polar surface area (TPSA) is 303 Å². The summed E-state index contributed by atoms with van der Waals surface area (Å²) in [6.45, 7) is 4.38. The number of hydrogen-bond acceptors (Lipinski definition) is 11. The fraction of sp³-hybridized carbons (Fsp3) is 0.660. The molecule has 366 valence electrons. The van der Waals surface area contributed by atoms with Crippen LogP contribution in [-0.4, -0.2) is 139 Å². The van der Waals surface area contributed by atoms with Crippen molar-refractivity contribution >= 4 is 41.5 Å². The largest absolute Gasteiger partial charge is 0.480 e.